The van der Waals surface area contributed by atoms with Crippen molar-refractivity contribution in [3.05, 3.63) is 41.7 Å². The molecule has 5 heteroatoms. The standard InChI is InChI=1S/C12H10N4S/c13-4-8-5-15-12(16-6-8)9-3-11-10(14-7-9)1-2-17-11/h1-3,5-7H,4,13H2. The summed E-state index contributed by atoms with van der Waals surface area (Å²) >= 11 is 1.67. The lowest BCUT2D eigenvalue weighted by Crippen LogP contribution is -1.99. The first-order valence-electron chi connectivity index (χ1n) is 5.21. The van der Waals surface area contributed by atoms with Gasteiger partial charge in [0.2, 0.25) is 0 Å². The number of aromatic nitrogens is 3. The molecule has 4 nitrogen and oxygen atoms in total. The van der Waals surface area contributed by atoms with Crippen LogP contribution in [0.1, 0.15) is 5.56 Å². The van der Waals surface area contributed by atoms with E-state index in [0.717, 1.165) is 21.3 Å². The van der Waals surface area contributed by atoms with Crippen LogP contribution in [0.15, 0.2) is 36.1 Å². The molecular weight excluding hydrogens is 232 g/mol. The van der Waals surface area contributed by atoms with Crippen molar-refractivity contribution in [1.29, 1.82) is 0 Å². The van der Waals surface area contributed by atoms with Gasteiger partial charge in [-0.2, -0.15) is 0 Å². The fraction of sp³-hybridized carbons (Fsp3) is 0.0833. The number of hydrogen-bond acceptors (Lipinski definition) is 5. The van der Waals surface area contributed by atoms with Gasteiger partial charge in [0.05, 0.1) is 10.2 Å². The molecule has 0 saturated heterocycles. The normalized spacial score (nSPS) is 10.9. The first-order valence-corrected chi connectivity index (χ1v) is 6.09. The molecule has 0 aliphatic carbocycles. The van der Waals surface area contributed by atoms with E-state index in [4.69, 9.17) is 5.73 Å². The van der Waals surface area contributed by atoms with Crippen molar-refractivity contribution in [2.75, 3.05) is 0 Å². The Morgan fingerprint density at radius 1 is 1.12 bits per heavy atom. The largest absolute Gasteiger partial charge is 0.326 e. The third kappa shape index (κ3) is 1.90. The first-order chi connectivity index (χ1) is 8.36. The molecule has 0 saturated carbocycles. The average molecular weight is 242 g/mol. The molecule has 17 heavy (non-hydrogen) atoms. The van der Waals surface area contributed by atoms with Crippen molar-refractivity contribution in [2.24, 2.45) is 5.73 Å². The van der Waals surface area contributed by atoms with E-state index in [2.05, 4.69) is 21.0 Å². The van der Waals surface area contributed by atoms with Gasteiger partial charge in [0, 0.05) is 36.3 Å². The van der Waals surface area contributed by atoms with Gasteiger partial charge >= 0.3 is 0 Å². The Hall–Kier alpha value is -1.85. The molecule has 0 spiro atoms. The third-order valence-electron chi connectivity index (χ3n) is 2.50. The van der Waals surface area contributed by atoms with Crippen LogP contribution in [0, 0.1) is 0 Å². The number of pyridine rings is 1. The van der Waals surface area contributed by atoms with Crippen molar-refractivity contribution >= 4 is 21.6 Å². The summed E-state index contributed by atoms with van der Waals surface area (Å²) in [6.07, 6.45) is 5.30. The second kappa shape index (κ2) is 4.20. The minimum atomic E-state index is 0.461. The van der Waals surface area contributed by atoms with E-state index >= 15 is 0 Å². The van der Waals surface area contributed by atoms with Crippen LogP contribution >= 0.6 is 11.3 Å². The summed E-state index contributed by atoms with van der Waals surface area (Å²) in [5, 5.41) is 2.03. The van der Waals surface area contributed by atoms with Crippen LogP contribution in [-0.2, 0) is 6.54 Å². The van der Waals surface area contributed by atoms with Crippen LogP contribution in [0.25, 0.3) is 21.6 Å². The number of thiophene rings is 1. The molecule has 2 N–H and O–H groups in total. The quantitative estimate of drug-likeness (QED) is 0.748. The van der Waals surface area contributed by atoms with Gasteiger partial charge in [0.15, 0.2) is 5.82 Å². The molecule has 3 aromatic rings. The average Bonchev–Trinajstić information content (AvgIpc) is 2.86. The fourth-order valence-corrected chi connectivity index (χ4v) is 2.36. The van der Waals surface area contributed by atoms with Gasteiger partial charge in [-0.3, -0.25) is 4.98 Å². The zero-order valence-electron chi connectivity index (χ0n) is 9.00. The molecule has 0 aromatic carbocycles. The van der Waals surface area contributed by atoms with Crippen molar-refractivity contribution in [2.45, 2.75) is 6.54 Å². The van der Waals surface area contributed by atoms with Crippen molar-refractivity contribution in [3.8, 4) is 11.4 Å². The van der Waals surface area contributed by atoms with E-state index < -0.39 is 0 Å². The van der Waals surface area contributed by atoms with Gasteiger partial charge in [-0.05, 0) is 17.5 Å². The van der Waals surface area contributed by atoms with Gasteiger partial charge in [0.1, 0.15) is 0 Å². The Kier molecular flexibility index (Phi) is 2.55. The van der Waals surface area contributed by atoms with E-state index in [1.165, 1.54) is 0 Å². The lowest BCUT2D eigenvalue weighted by molar-refractivity contribution is 1.01. The zero-order valence-corrected chi connectivity index (χ0v) is 9.81. The topological polar surface area (TPSA) is 64.7 Å². The molecule has 0 fully saturated rings. The van der Waals surface area contributed by atoms with E-state index in [9.17, 15) is 0 Å². The highest BCUT2D eigenvalue weighted by Crippen LogP contribution is 2.23. The van der Waals surface area contributed by atoms with Crippen LogP contribution in [0.4, 0.5) is 0 Å². The Morgan fingerprint density at radius 3 is 2.71 bits per heavy atom. The molecule has 84 valence electrons. The molecule has 0 aliphatic rings. The third-order valence-corrected chi connectivity index (χ3v) is 3.35. The number of rotatable bonds is 2. The summed E-state index contributed by atoms with van der Waals surface area (Å²) in [6.45, 7) is 0.461. The van der Waals surface area contributed by atoms with Crippen LogP contribution in [0.5, 0.6) is 0 Å². The summed E-state index contributed by atoms with van der Waals surface area (Å²) in [6, 6.07) is 4.06. The highest BCUT2D eigenvalue weighted by molar-refractivity contribution is 7.17. The van der Waals surface area contributed by atoms with Gasteiger partial charge < -0.3 is 5.73 Å². The second-order valence-electron chi connectivity index (χ2n) is 3.65. The number of hydrogen-bond donors (Lipinski definition) is 1. The summed E-state index contributed by atoms with van der Waals surface area (Å²) < 4.78 is 1.15. The monoisotopic (exact) mass is 242 g/mol. The zero-order chi connectivity index (χ0) is 11.7. The maximum absolute atomic E-state index is 5.51. The SMILES string of the molecule is NCc1cnc(-c2cnc3ccsc3c2)nc1. The summed E-state index contributed by atoms with van der Waals surface area (Å²) in [4.78, 5) is 12.9. The fourth-order valence-electron chi connectivity index (χ4n) is 1.58. The predicted molar refractivity (Wildman–Crippen MR) is 68.5 cm³/mol. The number of fused-ring (bicyclic) bond motifs is 1. The van der Waals surface area contributed by atoms with E-state index in [-0.39, 0.29) is 0 Å². The van der Waals surface area contributed by atoms with Gasteiger partial charge in [-0.1, -0.05) is 0 Å². The van der Waals surface area contributed by atoms with Crippen LogP contribution in [-0.4, -0.2) is 15.0 Å². The highest BCUT2D eigenvalue weighted by atomic mass is 32.1. The Balaban J connectivity index is 2.06. The van der Waals surface area contributed by atoms with Gasteiger partial charge in [0.25, 0.3) is 0 Å². The molecule has 0 radical (unpaired) electrons. The van der Waals surface area contributed by atoms with E-state index in [1.807, 2.05) is 11.4 Å². The summed E-state index contributed by atoms with van der Waals surface area (Å²) in [5.74, 6) is 0.685. The molecule has 3 heterocycles. The predicted octanol–water partition coefficient (Wildman–Crippen LogP) is 2.21. The lowest BCUT2D eigenvalue weighted by atomic mass is 10.2. The van der Waals surface area contributed by atoms with Crippen molar-refractivity contribution in [1.82, 2.24) is 15.0 Å². The highest BCUT2D eigenvalue weighted by Gasteiger charge is 2.04. The van der Waals surface area contributed by atoms with E-state index in [1.54, 1.807) is 29.9 Å². The Labute approximate surface area is 102 Å². The molecule has 0 amide bonds. The van der Waals surface area contributed by atoms with Gasteiger partial charge in [-0.15, -0.1) is 11.3 Å². The molecule has 3 aromatic heterocycles. The minimum Gasteiger partial charge on any atom is -0.326 e. The summed E-state index contributed by atoms with van der Waals surface area (Å²) in [5.41, 5.74) is 8.38. The van der Waals surface area contributed by atoms with Crippen LogP contribution in [0.3, 0.4) is 0 Å². The molecule has 0 unspecified atom stereocenters. The maximum atomic E-state index is 5.51. The molecule has 0 atom stereocenters. The minimum absolute atomic E-state index is 0.461. The molecule has 0 aliphatic heterocycles. The van der Waals surface area contributed by atoms with Gasteiger partial charge in [-0.25, -0.2) is 9.97 Å². The first kappa shape index (κ1) is 10.3. The molecule has 3 rings (SSSR count). The number of nitrogens with two attached hydrogens (primary N) is 1. The molecular formula is C12H10N4S. The number of nitrogens with zero attached hydrogens (tertiary/aromatic N) is 3. The smallest absolute Gasteiger partial charge is 0.160 e. The molecule has 0 bridgehead atoms. The Bertz CT molecular complexity index is 645. The maximum Gasteiger partial charge on any atom is 0.160 e. The summed E-state index contributed by atoms with van der Waals surface area (Å²) in [7, 11) is 0. The van der Waals surface area contributed by atoms with E-state index in [0.29, 0.717) is 12.4 Å². The van der Waals surface area contributed by atoms with Crippen LogP contribution < -0.4 is 5.73 Å². The lowest BCUT2D eigenvalue weighted by Gasteiger charge is -2.00. The second-order valence-corrected chi connectivity index (χ2v) is 4.59. The van der Waals surface area contributed by atoms with Crippen LogP contribution in [0.2, 0.25) is 0 Å². The van der Waals surface area contributed by atoms with Crippen molar-refractivity contribution < 1.29 is 0 Å². The van der Waals surface area contributed by atoms with Crippen molar-refractivity contribution in [3.63, 3.8) is 0 Å². The Morgan fingerprint density at radius 2 is 1.94 bits per heavy atom.